The molecule has 18 heavy (non-hydrogen) atoms. The van der Waals surface area contributed by atoms with E-state index >= 15 is 0 Å². The summed E-state index contributed by atoms with van der Waals surface area (Å²) in [6.07, 6.45) is 4.93. The van der Waals surface area contributed by atoms with Crippen molar-refractivity contribution in [3.8, 4) is 0 Å². The van der Waals surface area contributed by atoms with Crippen LogP contribution in [0.2, 0.25) is 0 Å². The molecule has 5 heteroatoms. The molecule has 0 saturated heterocycles. The SMILES string of the molecule is CCCCCCCCO[13C](=O)[13C@H](O)[13CH2][13CH2][13C](=O)O. The molecular formula is C13H24O5. The van der Waals surface area contributed by atoms with Gasteiger partial charge in [0.2, 0.25) is 0 Å². The molecule has 5 nitrogen and oxygen atoms in total. The molecule has 0 aromatic heterocycles. The number of unbranched alkanes of at least 4 members (excludes halogenated alkanes) is 5. The van der Waals surface area contributed by atoms with E-state index in [1.807, 2.05) is 0 Å². The highest BCUT2D eigenvalue weighted by Gasteiger charge is 2.17. The van der Waals surface area contributed by atoms with Crippen molar-refractivity contribution >= 4 is 11.9 Å². The highest BCUT2D eigenvalue weighted by molar-refractivity contribution is 5.75. The van der Waals surface area contributed by atoms with Gasteiger partial charge in [-0.05, 0) is 12.8 Å². The Bertz CT molecular complexity index is 240. The first-order valence-electron chi connectivity index (χ1n) is 6.64. The van der Waals surface area contributed by atoms with Crippen LogP contribution in [0.5, 0.6) is 0 Å². The summed E-state index contributed by atoms with van der Waals surface area (Å²) in [5.41, 5.74) is 0. The highest BCUT2D eigenvalue weighted by Crippen LogP contribution is 2.06. The van der Waals surface area contributed by atoms with E-state index in [0.29, 0.717) is 6.61 Å². The van der Waals surface area contributed by atoms with Crippen molar-refractivity contribution in [1.82, 2.24) is 0 Å². The summed E-state index contributed by atoms with van der Waals surface area (Å²) in [5.74, 6) is -1.75. The van der Waals surface area contributed by atoms with E-state index in [2.05, 4.69) is 6.92 Å². The molecule has 0 rings (SSSR count). The third kappa shape index (κ3) is 10.1. The molecule has 0 spiro atoms. The lowest BCUT2D eigenvalue weighted by Gasteiger charge is -2.09. The van der Waals surface area contributed by atoms with Gasteiger partial charge in [0.05, 0.1) is 6.61 Å². The number of aliphatic hydroxyl groups excluding tert-OH is 1. The van der Waals surface area contributed by atoms with Crippen molar-refractivity contribution in [2.75, 3.05) is 6.61 Å². The van der Waals surface area contributed by atoms with Crippen LogP contribution < -0.4 is 0 Å². The minimum absolute atomic E-state index is 0.0926. The molecule has 0 radical (unpaired) electrons. The zero-order valence-corrected chi connectivity index (χ0v) is 11.1. The molecule has 0 heterocycles. The van der Waals surface area contributed by atoms with Crippen molar-refractivity contribution in [2.24, 2.45) is 0 Å². The number of aliphatic carboxylic acids is 1. The van der Waals surface area contributed by atoms with Gasteiger partial charge in [0.15, 0.2) is 6.10 Å². The summed E-state index contributed by atoms with van der Waals surface area (Å²) in [6.45, 7) is 2.45. The van der Waals surface area contributed by atoms with Crippen LogP contribution in [-0.4, -0.2) is 34.9 Å². The summed E-state index contributed by atoms with van der Waals surface area (Å²) in [5, 5.41) is 17.7. The molecule has 0 aliphatic carbocycles. The van der Waals surface area contributed by atoms with Crippen molar-refractivity contribution in [2.45, 2.75) is 64.4 Å². The predicted molar refractivity (Wildman–Crippen MR) is 67.2 cm³/mol. The van der Waals surface area contributed by atoms with Gasteiger partial charge in [-0.2, -0.15) is 0 Å². The lowest BCUT2D eigenvalue weighted by atomic mass is 10.1. The van der Waals surface area contributed by atoms with Gasteiger partial charge >= 0.3 is 11.9 Å². The maximum Gasteiger partial charge on any atom is 0.334 e. The fourth-order valence-electron chi connectivity index (χ4n) is 1.53. The maximum absolute atomic E-state index is 11.2. The first-order chi connectivity index (χ1) is 8.57. The molecule has 0 aliphatic rings. The summed E-state index contributed by atoms with van der Waals surface area (Å²) >= 11 is 0. The van der Waals surface area contributed by atoms with Gasteiger partial charge in [0.1, 0.15) is 0 Å². The standard InChI is InChI=1S/C13H24O5/c1-2-3-4-5-6-7-10-18-13(17)11(14)8-9-12(15)16/h11,14H,2-10H2,1H3,(H,15,16)/t11-/m1/s1/i8+1,9+1,11+1,12+1,13+1. The monoisotopic (exact) mass is 265 g/mol. The minimum Gasteiger partial charge on any atom is -0.481 e. The Morgan fingerprint density at radius 1 is 1.11 bits per heavy atom. The number of hydrogen-bond acceptors (Lipinski definition) is 4. The van der Waals surface area contributed by atoms with Crippen LogP contribution >= 0.6 is 0 Å². The van der Waals surface area contributed by atoms with Crippen molar-refractivity contribution in [3.05, 3.63) is 0 Å². The van der Waals surface area contributed by atoms with Gasteiger partial charge in [-0.25, -0.2) is 4.79 Å². The van der Waals surface area contributed by atoms with Crippen LogP contribution in [0.15, 0.2) is 0 Å². The molecule has 106 valence electrons. The van der Waals surface area contributed by atoms with Gasteiger partial charge < -0.3 is 14.9 Å². The predicted octanol–water partition coefficient (Wildman–Crippen LogP) is 2.12. The van der Waals surface area contributed by atoms with Gasteiger partial charge in [-0.1, -0.05) is 39.0 Å². The summed E-state index contributed by atoms with van der Waals surface area (Å²) in [7, 11) is 0. The zero-order chi connectivity index (χ0) is 13.8. The zero-order valence-electron chi connectivity index (χ0n) is 11.1. The van der Waals surface area contributed by atoms with E-state index in [0.717, 1.165) is 19.3 Å². The number of rotatable bonds is 11. The smallest absolute Gasteiger partial charge is 0.334 e. The lowest BCUT2D eigenvalue weighted by molar-refractivity contribution is -0.154. The Hall–Kier alpha value is -1.10. The Morgan fingerprint density at radius 3 is 2.33 bits per heavy atom. The van der Waals surface area contributed by atoms with E-state index in [9.17, 15) is 14.7 Å². The van der Waals surface area contributed by atoms with E-state index in [1.54, 1.807) is 0 Å². The Morgan fingerprint density at radius 2 is 1.72 bits per heavy atom. The van der Waals surface area contributed by atoms with Gasteiger partial charge in [0, 0.05) is 6.42 Å². The van der Waals surface area contributed by atoms with Crippen molar-refractivity contribution in [3.63, 3.8) is 0 Å². The summed E-state index contributed by atoms with van der Waals surface area (Å²) in [6, 6.07) is 0. The maximum atomic E-state index is 11.2. The Balaban J connectivity index is 3.43. The molecule has 0 amide bonds. The largest absolute Gasteiger partial charge is 0.481 e. The molecule has 0 aliphatic heterocycles. The van der Waals surface area contributed by atoms with Crippen LogP contribution in [0.4, 0.5) is 0 Å². The van der Waals surface area contributed by atoms with E-state index in [-0.39, 0.29) is 12.8 Å². The van der Waals surface area contributed by atoms with Crippen LogP contribution in [0.3, 0.4) is 0 Å². The number of carbonyl (C=O) groups is 2. The second-order valence-electron chi connectivity index (χ2n) is 4.38. The quantitative estimate of drug-likeness (QED) is 0.339. The molecular weight excluding hydrogens is 241 g/mol. The molecule has 0 unspecified atom stereocenters. The summed E-state index contributed by atoms with van der Waals surface area (Å²) < 4.78 is 4.86. The van der Waals surface area contributed by atoms with Gasteiger partial charge in [-0.15, -0.1) is 0 Å². The third-order valence-electron chi connectivity index (χ3n) is 2.65. The molecule has 0 aromatic rings. The fourth-order valence-corrected chi connectivity index (χ4v) is 1.53. The number of carboxylic acid groups (broad SMARTS) is 1. The number of carboxylic acids is 1. The second kappa shape index (κ2) is 11.0. The molecule has 0 bridgehead atoms. The van der Waals surface area contributed by atoms with Gasteiger partial charge in [-0.3, -0.25) is 4.79 Å². The number of esters is 1. The van der Waals surface area contributed by atoms with E-state index in [1.165, 1.54) is 19.3 Å². The first kappa shape index (κ1) is 16.9. The molecule has 2 N–H and O–H groups in total. The fraction of sp³-hybridized carbons (Fsp3) is 0.846. The average molecular weight is 265 g/mol. The van der Waals surface area contributed by atoms with E-state index < -0.39 is 18.0 Å². The normalized spacial score (nSPS) is 12.1. The summed E-state index contributed by atoms with van der Waals surface area (Å²) in [4.78, 5) is 21.5. The average Bonchev–Trinajstić information content (AvgIpc) is 2.34. The molecule has 1 atom stereocenters. The number of aliphatic hydroxyl groups is 1. The molecule has 0 aromatic carbocycles. The Kier molecular flexibility index (Phi) is 10.3. The third-order valence-corrected chi connectivity index (χ3v) is 2.65. The minimum atomic E-state index is -1.32. The molecule has 0 saturated carbocycles. The lowest BCUT2D eigenvalue weighted by Crippen LogP contribution is -2.24. The number of ether oxygens (including phenoxy) is 1. The van der Waals surface area contributed by atoms with Crippen molar-refractivity contribution in [1.29, 1.82) is 0 Å². The van der Waals surface area contributed by atoms with Gasteiger partial charge in [0.25, 0.3) is 0 Å². The molecule has 0 fully saturated rings. The van der Waals surface area contributed by atoms with E-state index in [4.69, 9.17) is 9.84 Å². The number of hydrogen-bond donors (Lipinski definition) is 2. The second-order valence-corrected chi connectivity index (χ2v) is 4.38. The van der Waals surface area contributed by atoms with Crippen molar-refractivity contribution < 1.29 is 24.5 Å². The van der Waals surface area contributed by atoms with Crippen LogP contribution in [0, 0.1) is 0 Å². The van der Waals surface area contributed by atoms with Crippen LogP contribution in [-0.2, 0) is 14.3 Å². The first-order valence-corrected chi connectivity index (χ1v) is 6.64. The number of carbonyl (C=O) groups excluding carboxylic acids is 1. The highest BCUT2D eigenvalue weighted by atomic mass is 16.7. The van der Waals surface area contributed by atoms with Crippen LogP contribution in [0.25, 0.3) is 0 Å². The Labute approximate surface area is 108 Å². The topological polar surface area (TPSA) is 83.8 Å². The van der Waals surface area contributed by atoms with Crippen LogP contribution in [0.1, 0.15) is 58.3 Å².